The first-order chi connectivity index (χ1) is 11.3. The third-order valence-corrected chi connectivity index (χ3v) is 4.23. The molecule has 23 heavy (non-hydrogen) atoms. The average Bonchev–Trinajstić information content (AvgIpc) is 3.14. The maximum Gasteiger partial charge on any atom is 0.223 e. The zero-order valence-corrected chi connectivity index (χ0v) is 13.2. The molecule has 2 N–H and O–H groups in total. The molecule has 0 unspecified atom stereocenters. The molecule has 0 spiro atoms. The molecule has 2 heterocycles. The van der Waals surface area contributed by atoms with Gasteiger partial charge in [-0.05, 0) is 25.0 Å². The molecule has 0 aliphatic heterocycles. The molecule has 2 aromatic heterocycles. The van der Waals surface area contributed by atoms with Crippen LogP contribution in [0.3, 0.4) is 0 Å². The Morgan fingerprint density at radius 2 is 1.91 bits per heavy atom. The van der Waals surface area contributed by atoms with Gasteiger partial charge in [-0.2, -0.15) is 0 Å². The van der Waals surface area contributed by atoms with Gasteiger partial charge in [-0.25, -0.2) is 9.97 Å². The molecule has 1 fully saturated rings. The third kappa shape index (κ3) is 4.31. The number of hydrogen-bond acceptors (Lipinski definition) is 4. The summed E-state index contributed by atoms with van der Waals surface area (Å²) >= 11 is 0. The summed E-state index contributed by atoms with van der Waals surface area (Å²) in [6, 6.07) is 5.80. The van der Waals surface area contributed by atoms with E-state index in [0.29, 0.717) is 13.1 Å². The minimum atomic E-state index is 0.196. The van der Waals surface area contributed by atoms with Crippen molar-refractivity contribution in [3.05, 3.63) is 36.9 Å². The lowest BCUT2D eigenvalue weighted by Crippen LogP contribution is -2.35. The molecule has 0 bridgehead atoms. The largest absolute Gasteiger partial charge is 0.368 e. The highest BCUT2D eigenvalue weighted by molar-refractivity contribution is 5.78. The lowest BCUT2D eigenvalue weighted by atomic mass is 9.89. The van der Waals surface area contributed by atoms with Gasteiger partial charge < -0.3 is 15.2 Å². The van der Waals surface area contributed by atoms with Crippen LogP contribution in [0.1, 0.15) is 32.1 Å². The maximum atomic E-state index is 12.1. The van der Waals surface area contributed by atoms with Crippen LogP contribution in [0.25, 0.3) is 5.82 Å². The average molecular weight is 313 g/mol. The van der Waals surface area contributed by atoms with E-state index in [0.717, 1.165) is 24.5 Å². The first-order valence-corrected chi connectivity index (χ1v) is 8.30. The second-order valence-electron chi connectivity index (χ2n) is 5.90. The predicted molar refractivity (Wildman–Crippen MR) is 89.4 cm³/mol. The molecule has 1 amide bonds. The quantitative estimate of drug-likeness (QED) is 0.803. The SMILES string of the molecule is O=C(NCCNc1cc(-n2cccc2)ncn1)C1CCCCC1. The normalized spacial score (nSPS) is 15.3. The Balaban J connectivity index is 1.44. The van der Waals surface area contributed by atoms with Crippen LogP contribution < -0.4 is 10.6 Å². The van der Waals surface area contributed by atoms with E-state index in [1.807, 2.05) is 35.2 Å². The van der Waals surface area contributed by atoms with Crippen LogP contribution in [0, 0.1) is 5.92 Å². The van der Waals surface area contributed by atoms with Gasteiger partial charge in [0.05, 0.1) is 0 Å². The monoisotopic (exact) mass is 313 g/mol. The highest BCUT2D eigenvalue weighted by Gasteiger charge is 2.20. The summed E-state index contributed by atoms with van der Waals surface area (Å²) < 4.78 is 1.93. The van der Waals surface area contributed by atoms with Gasteiger partial charge in [-0.1, -0.05) is 19.3 Å². The van der Waals surface area contributed by atoms with E-state index in [9.17, 15) is 4.79 Å². The molecule has 1 saturated carbocycles. The van der Waals surface area contributed by atoms with Crippen molar-refractivity contribution in [3.63, 3.8) is 0 Å². The highest BCUT2D eigenvalue weighted by atomic mass is 16.1. The third-order valence-electron chi connectivity index (χ3n) is 4.23. The molecule has 6 heteroatoms. The van der Waals surface area contributed by atoms with E-state index >= 15 is 0 Å². The summed E-state index contributed by atoms with van der Waals surface area (Å²) in [5.74, 6) is 1.99. The first-order valence-electron chi connectivity index (χ1n) is 8.30. The van der Waals surface area contributed by atoms with Gasteiger partial charge in [-0.3, -0.25) is 4.79 Å². The summed E-state index contributed by atoms with van der Waals surface area (Å²) in [6.07, 6.45) is 11.1. The number of anilines is 1. The summed E-state index contributed by atoms with van der Waals surface area (Å²) in [6.45, 7) is 1.26. The molecule has 2 aromatic rings. The second kappa shape index (κ2) is 7.76. The van der Waals surface area contributed by atoms with Crippen LogP contribution in [0.5, 0.6) is 0 Å². The fraction of sp³-hybridized carbons (Fsp3) is 0.471. The van der Waals surface area contributed by atoms with E-state index in [1.165, 1.54) is 25.6 Å². The van der Waals surface area contributed by atoms with E-state index in [2.05, 4.69) is 20.6 Å². The number of carbonyl (C=O) groups excluding carboxylic acids is 1. The number of carbonyl (C=O) groups is 1. The smallest absolute Gasteiger partial charge is 0.223 e. The zero-order chi connectivity index (χ0) is 15.9. The van der Waals surface area contributed by atoms with Crippen LogP contribution in [0.2, 0.25) is 0 Å². The lowest BCUT2D eigenvalue weighted by molar-refractivity contribution is -0.125. The van der Waals surface area contributed by atoms with Gasteiger partial charge in [0.25, 0.3) is 0 Å². The Bertz CT molecular complexity index is 620. The van der Waals surface area contributed by atoms with Crippen LogP contribution in [0.15, 0.2) is 36.9 Å². The van der Waals surface area contributed by atoms with Crippen LogP contribution in [-0.4, -0.2) is 33.5 Å². The Hall–Kier alpha value is -2.37. The number of nitrogens with zero attached hydrogens (tertiary/aromatic N) is 3. The minimum Gasteiger partial charge on any atom is -0.368 e. The van der Waals surface area contributed by atoms with Crippen molar-refractivity contribution in [3.8, 4) is 5.82 Å². The van der Waals surface area contributed by atoms with Crippen molar-refractivity contribution in [1.29, 1.82) is 0 Å². The minimum absolute atomic E-state index is 0.196. The fourth-order valence-electron chi connectivity index (χ4n) is 2.96. The molecule has 1 aliphatic carbocycles. The Morgan fingerprint density at radius 1 is 1.13 bits per heavy atom. The molecule has 6 nitrogen and oxygen atoms in total. The van der Waals surface area contributed by atoms with E-state index in [4.69, 9.17) is 0 Å². The summed E-state index contributed by atoms with van der Waals surface area (Å²) in [7, 11) is 0. The number of hydrogen-bond donors (Lipinski definition) is 2. The van der Waals surface area contributed by atoms with E-state index < -0.39 is 0 Å². The fourth-order valence-corrected chi connectivity index (χ4v) is 2.96. The Morgan fingerprint density at radius 3 is 2.70 bits per heavy atom. The van der Waals surface area contributed by atoms with Gasteiger partial charge in [0.15, 0.2) is 0 Å². The molecule has 0 saturated heterocycles. The molecule has 1 aliphatic rings. The van der Waals surface area contributed by atoms with Crippen LogP contribution >= 0.6 is 0 Å². The zero-order valence-electron chi connectivity index (χ0n) is 13.2. The van der Waals surface area contributed by atoms with Crippen molar-refractivity contribution >= 4 is 11.7 Å². The molecular weight excluding hydrogens is 290 g/mol. The van der Waals surface area contributed by atoms with Crippen molar-refractivity contribution < 1.29 is 4.79 Å². The Kier molecular flexibility index (Phi) is 5.24. The maximum absolute atomic E-state index is 12.1. The second-order valence-corrected chi connectivity index (χ2v) is 5.90. The predicted octanol–water partition coefficient (Wildman–Crippen LogP) is 2.38. The van der Waals surface area contributed by atoms with Gasteiger partial charge in [0.1, 0.15) is 18.0 Å². The lowest BCUT2D eigenvalue weighted by Gasteiger charge is -2.20. The Labute approximate surface area is 136 Å². The van der Waals surface area contributed by atoms with Gasteiger partial charge >= 0.3 is 0 Å². The first kappa shape index (κ1) is 15.5. The van der Waals surface area contributed by atoms with Crippen molar-refractivity contribution in [1.82, 2.24) is 19.9 Å². The molecule has 0 aromatic carbocycles. The van der Waals surface area contributed by atoms with Crippen LogP contribution in [0.4, 0.5) is 5.82 Å². The number of rotatable bonds is 6. The van der Waals surface area contributed by atoms with Crippen molar-refractivity contribution in [2.24, 2.45) is 5.92 Å². The molecule has 0 radical (unpaired) electrons. The van der Waals surface area contributed by atoms with Crippen LogP contribution in [-0.2, 0) is 4.79 Å². The summed E-state index contributed by atoms with van der Waals surface area (Å²) in [4.78, 5) is 20.5. The van der Waals surface area contributed by atoms with E-state index in [1.54, 1.807) is 0 Å². The van der Waals surface area contributed by atoms with Gasteiger partial charge in [-0.15, -0.1) is 0 Å². The van der Waals surface area contributed by atoms with Gasteiger partial charge in [0.2, 0.25) is 5.91 Å². The van der Waals surface area contributed by atoms with E-state index in [-0.39, 0.29) is 11.8 Å². The molecular formula is C17H23N5O. The van der Waals surface area contributed by atoms with Gasteiger partial charge in [0, 0.05) is 37.5 Å². The molecule has 122 valence electrons. The molecule has 3 rings (SSSR count). The topological polar surface area (TPSA) is 71.8 Å². The molecule has 0 atom stereocenters. The summed E-state index contributed by atoms with van der Waals surface area (Å²) in [5, 5.41) is 6.24. The standard InChI is InChI=1S/C17H23N5O/c23-17(14-6-2-1-3-7-14)19-9-8-18-15-12-16(21-13-20-15)22-10-4-5-11-22/h4-5,10-14H,1-3,6-9H2,(H,19,23)(H,18,20,21). The van der Waals surface area contributed by atoms with Crippen molar-refractivity contribution in [2.75, 3.05) is 18.4 Å². The summed E-state index contributed by atoms with van der Waals surface area (Å²) in [5.41, 5.74) is 0. The number of aromatic nitrogens is 3. The number of amides is 1. The van der Waals surface area contributed by atoms with Crippen molar-refractivity contribution in [2.45, 2.75) is 32.1 Å². The highest BCUT2D eigenvalue weighted by Crippen LogP contribution is 2.23. The number of nitrogens with one attached hydrogen (secondary N) is 2.